The molecule has 1 aliphatic rings. The fraction of sp³-hybridized carbons (Fsp3) is 0.148. The average Bonchev–Trinajstić information content (AvgIpc) is 2.79. The maximum atomic E-state index is 12.9. The Morgan fingerprint density at radius 3 is 2.10 bits per heavy atom. The van der Waals surface area contributed by atoms with Gasteiger partial charge in [-0.25, -0.2) is 0 Å². The number of hydrogen-bond acceptors (Lipinski definition) is 1. The Morgan fingerprint density at radius 2 is 1.45 bits per heavy atom. The van der Waals surface area contributed by atoms with Crippen molar-refractivity contribution in [2.45, 2.75) is 19.5 Å². The smallest absolute Gasteiger partial charge is 0.232 e. The second-order valence-corrected chi connectivity index (χ2v) is 7.43. The van der Waals surface area contributed by atoms with Crippen molar-refractivity contribution < 1.29 is 4.79 Å². The lowest BCUT2D eigenvalue weighted by atomic mass is 9.81. The predicted molar refractivity (Wildman–Crippen MR) is 119 cm³/mol. The maximum Gasteiger partial charge on any atom is 0.232 e. The Morgan fingerprint density at radius 1 is 0.862 bits per heavy atom. The lowest BCUT2D eigenvalue weighted by Gasteiger charge is -2.46. The second kappa shape index (κ2) is 8.74. The van der Waals surface area contributed by atoms with E-state index < -0.39 is 0 Å². The molecular weight excluding hydrogens is 354 g/mol. The molecular formula is C27H25NO. The van der Waals surface area contributed by atoms with Crippen molar-refractivity contribution in [3.8, 4) is 0 Å². The number of benzene rings is 3. The van der Waals surface area contributed by atoms with Gasteiger partial charge in [0, 0.05) is 6.54 Å². The largest absolute Gasteiger partial charge is 0.330 e. The highest BCUT2D eigenvalue weighted by atomic mass is 16.2. The van der Waals surface area contributed by atoms with Gasteiger partial charge in [-0.05, 0) is 29.2 Å². The van der Waals surface area contributed by atoms with Gasteiger partial charge < -0.3 is 4.90 Å². The summed E-state index contributed by atoms with van der Waals surface area (Å²) >= 11 is 0. The van der Waals surface area contributed by atoms with Crippen molar-refractivity contribution in [1.82, 2.24) is 4.90 Å². The standard InChI is InChI=1S/C27H25NO/c1-21(23-15-7-3-8-16-23)12-11-19-25-26(24-17-9-4-10-18-24)28(27(25)29)20-22-13-5-2-6-14-22/h2-19,25-26H,20H2,1H3/b19-11-,21-12+/t25-,26-/m1/s1. The fourth-order valence-corrected chi connectivity index (χ4v) is 3.87. The molecule has 2 atom stereocenters. The highest BCUT2D eigenvalue weighted by molar-refractivity contribution is 5.88. The van der Waals surface area contributed by atoms with Crippen LogP contribution in [0.3, 0.4) is 0 Å². The molecule has 4 rings (SSSR count). The molecule has 3 aromatic rings. The van der Waals surface area contributed by atoms with Gasteiger partial charge in [0.25, 0.3) is 0 Å². The Balaban J connectivity index is 1.55. The highest BCUT2D eigenvalue weighted by Gasteiger charge is 2.46. The zero-order valence-corrected chi connectivity index (χ0v) is 16.6. The maximum absolute atomic E-state index is 12.9. The molecule has 1 aliphatic heterocycles. The summed E-state index contributed by atoms with van der Waals surface area (Å²) in [7, 11) is 0. The number of β-lactam (4-membered cyclic amide) rings is 1. The van der Waals surface area contributed by atoms with E-state index in [4.69, 9.17) is 0 Å². The average molecular weight is 380 g/mol. The SMILES string of the molecule is C/C(=C\C=C/[C@H]1C(=O)N(Cc2ccccc2)[C@@H]1c1ccccc1)c1ccccc1. The molecule has 0 saturated carbocycles. The lowest BCUT2D eigenvalue weighted by Crippen LogP contribution is -2.53. The normalized spacial score (nSPS) is 19.4. The second-order valence-electron chi connectivity index (χ2n) is 7.43. The molecule has 1 saturated heterocycles. The summed E-state index contributed by atoms with van der Waals surface area (Å²) in [5.41, 5.74) is 4.72. The van der Waals surface area contributed by atoms with E-state index in [0.29, 0.717) is 6.54 Å². The molecule has 0 bridgehead atoms. The van der Waals surface area contributed by atoms with Crippen LogP contribution in [-0.2, 0) is 11.3 Å². The van der Waals surface area contributed by atoms with Crippen LogP contribution in [-0.4, -0.2) is 10.8 Å². The van der Waals surface area contributed by atoms with Gasteiger partial charge in [-0.15, -0.1) is 0 Å². The zero-order valence-electron chi connectivity index (χ0n) is 16.6. The molecule has 1 fully saturated rings. The number of nitrogens with zero attached hydrogens (tertiary/aromatic N) is 1. The van der Waals surface area contributed by atoms with Gasteiger partial charge >= 0.3 is 0 Å². The first-order chi connectivity index (χ1) is 14.2. The molecule has 0 spiro atoms. The highest BCUT2D eigenvalue weighted by Crippen LogP contribution is 2.42. The number of carbonyl (C=O) groups excluding carboxylic acids is 1. The van der Waals surface area contributed by atoms with Crippen molar-refractivity contribution in [3.05, 3.63) is 126 Å². The van der Waals surface area contributed by atoms with Crippen LogP contribution in [0.4, 0.5) is 0 Å². The molecule has 1 heterocycles. The third kappa shape index (κ3) is 4.22. The summed E-state index contributed by atoms with van der Waals surface area (Å²) in [5.74, 6) is 0.0608. The molecule has 0 aromatic heterocycles. The van der Waals surface area contributed by atoms with Gasteiger partial charge in [-0.1, -0.05) is 109 Å². The van der Waals surface area contributed by atoms with E-state index in [1.54, 1.807) is 0 Å². The summed E-state index contributed by atoms with van der Waals surface area (Å²) in [6, 6.07) is 30.9. The molecule has 2 nitrogen and oxygen atoms in total. The molecule has 29 heavy (non-hydrogen) atoms. The monoisotopic (exact) mass is 379 g/mol. The van der Waals surface area contributed by atoms with Crippen molar-refractivity contribution in [2.24, 2.45) is 5.92 Å². The Kier molecular flexibility index (Phi) is 5.71. The topological polar surface area (TPSA) is 20.3 Å². The summed E-state index contributed by atoms with van der Waals surface area (Å²) in [5, 5.41) is 0. The van der Waals surface area contributed by atoms with E-state index in [-0.39, 0.29) is 17.9 Å². The van der Waals surface area contributed by atoms with Gasteiger partial charge in [-0.2, -0.15) is 0 Å². The molecule has 2 heteroatoms. The molecule has 0 unspecified atom stereocenters. The number of rotatable bonds is 6. The van der Waals surface area contributed by atoms with Gasteiger partial charge in [0.15, 0.2) is 0 Å². The number of allylic oxidation sites excluding steroid dienone is 3. The Hall–Kier alpha value is -3.39. The van der Waals surface area contributed by atoms with Crippen LogP contribution >= 0.6 is 0 Å². The van der Waals surface area contributed by atoms with E-state index in [2.05, 4.69) is 49.4 Å². The number of amides is 1. The van der Waals surface area contributed by atoms with E-state index in [0.717, 1.165) is 5.56 Å². The van der Waals surface area contributed by atoms with Gasteiger partial charge in [0.1, 0.15) is 0 Å². The Labute approximate surface area is 172 Å². The van der Waals surface area contributed by atoms with Crippen LogP contribution in [0.2, 0.25) is 0 Å². The predicted octanol–water partition coefficient (Wildman–Crippen LogP) is 6.05. The van der Waals surface area contributed by atoms with Crippen LogP contribution in [0.15, 0.2) is 109 Å². The quantitative estimate of drug-likeness (QED) is 0.377. The number of carbonyl (C=O) groups is 1. The molecule has 1 amide bonds. The van der Waals surface area contributed by atoms with E-state index in [1.807, 2.05) is 71.6 Å². The molecule has 144 valence electrons. The van der Waals surface area contributed by atoms with Crippen molar-refractivity contribution in [1.29, 1.82) is 0 Å². The van der Waals surface area contributed by atoms with E-state index >= 15 is 0 Å². The lowest BCUT2D eigenvalue weighted by molar-refractivity contribution is -0.154. The van der Waals surface area contributed by atoms with Crippen LogP contribution in [0.25, 0.3) is 5.57 Å². The van der Waals surface area contributed by atoms with E-state index in [9.17, 15) is 4.79 Å². The van der Waals surface area contributed by atoms with Crippen LogP contribution in [0, 0.1) is 5.92 Å². The third-order valence-electron chi connectivity index (χ3n) is 5.47. The van der Waals surface area contributed by atoms with E-state index in [1.165, 1.54) is 16.7 Å². The van der Waals surface area contributed by atoms with Crippen molar-refractivity contribution in [2.75, 3.05) is 0 Å². The fourth-order valence-electron chi connectivity index (χ4n) is 3.87. The van der Waals surface area contributed by atoms with Crippen molar-refractivity contribution in [3.63, 3.8) is 0 Å². The van der Waals surface area contributed by atoms with Crippen LogP contribution in [0.1, 0.15) is 29.7 Å². The summed E-state index contributed by atoms with van der Waals surface area (Å²) in [4.78, 5) is 14.9. The summed E-state index contributed by atoms with van der Waals surface area (Å²) in [6.45, 7) is 2.74. The minimum absolute atomic E-state index is 0.0746. The molecule has 0 aliphatic carbocycles. The van der Waals surface area contributed by atoms with Gasteiger partial charge in [0.05, 0.1) is 12.0 Å². The van der Waals surface area contributed by atoms with Crippen LogP contribution < -0.4 is 0 Å². The third-order valence-corrected chi connectivity index (χ3v) is 5.47. The Bertz CT molecular complexity index is 1010. The first-order valence-electron chi connectivity index (χ1n) is 10.0. The first-order valence-corrected chi connectivity index (χ1v) is 10.0. The minimum Gasteiger partial charge on any atom is -0.330 e. The number of likely N-dealkylation sites (tertiary alicyclic amines) is 1. The first kappa shape index (κ1) is 18.9. The van der Waals surface area contributed by atoms with Gasteiger partial charge in [-0.3, -0.25) is 4.79 Å². The minimum atomic E-state index is -0.124. The summed E-state index contributed by atoms with van der Waals surface area (Å²) in [6.07, 6.45) is 6.17. The molecule has 0 radical (unpaired) electrons. The van der Waals surface area contributed by atoms with Crippen molar-refractivity contribution >= 4 is 11.5 Å². The zero-order chi connectivity index (χ0) is 20.1. The molecule has 0 N–H and O–H groups in total. The molecule has 3 aromatic carbocycles. The van der Waals surface area contributed by atoms with Crippen LogP contribution in [0.5, 0.6) is 0 Å². The number of hydrogen-bond donors (Lipinski definition) is 0. The summed E-state index contributed by atoms with van der Waals surface area (Å²) < 4.78 is 0. The van der Waals surface area contributed by atoms with Gasteiger partial charge in [0.2, 0.25) is 5.91 Å².